The molecule has 1 N–H and O–H groups in total. The number of hydrogen-bond donors (Lipinski definition) is 1. The topological polar surface area (TPSA) is 63.6 Å². The van der Waals surface area contributed by atoms with Gasteiger partial charge in [0.1, 0.15) is 6.26 Å². The molecule has 0 aliphatic rings. The summed E-state index contributed by atoms with van der Waals surface area (Å²) in [6.45, 7) is 0.0903. The van der Waals surface area contributed by atoms with Crippen LogP contribution in [0.5, 0.6) is 0 Å². The maximum Gasteiger partial charge on any atom is 0.305 e. The zero-order valence-electron chi connectivity index (χ0n) is 8.96. The van der Waals surface area contributed by atoms with Crippen molar-refractivity contribution in [3.05, 3.63) is 41.7 Å². The van der Waals surface area contributed by atoms with Gasteiger partial charge in [0.15, 0.2) is 0 Å². The highest BCUT2D eigenvalue weighted by atomic mass is 32.2. The van der Waals surface area contributed by atoms with Gasteiger partial charge in [-0.15, -0.1) is 0 Å². The third-order valence-electron chi connectivity index (χ3n) is 1.84. The van der Waals surface area contributed by atoms with Crippen LogP contribution in [0.1, 0.15) is 11.1 Å². The van der Waals surface area contributed by atoms with E-state index in [1.54, 1.807) is 6.08 Å². The molecule has 0 amide bonds. The molecular formula is C11H14O4S. The van der Waals surface area contributed by atoms with Gasteiger partial charge in [0.2, 0.25) is 0 Å². The highest BCUT2D eigenvalue weighted by Gasteiger charge is 1.96. The summed E-state index contributed by atoms with van der Waals surface area (Å²) in [7, 11) is -3.44. The maximum atomic E-state index is 10.7. The Balaban J connectivity index is 2.70. The standard InChI is InChI=1S/C11H14O4S/c1-16(13,14)15-8-6-11-4-2-3-10(9-11)5-7-12/h2-4,6,8-9,12H,5,7H2,1H3. The smallest absolute Gasteiger partial charge is 0.305 e. The van der Waals surface area contributed by atoms with Crippen LogP contribution in [-0.2, 0) is 20.7 Å². The normalized spacial score (nSPS) is 11.9. The van der Waals surface area contributed by atoms with Gasteiger partial charge in [-0.25, -0.2) is 0 Å². The predicted octanol–water partition coefficient (Wildman–Crippen LogP) is 1.17. The lowest BCUT2D eigenvalue weighted by Gasteiger charge is -2.00. The van der Waals surface area contributed by atoms with Crippen LogP contribution in [0.4, 0.5) is 0 Å². The zero-order valence-corrected chi connectivity index (χ0v) is 9.78. The van der Waals surface area contributed by atoms with Crippen LogP contribution < -0.4 is 0 Å². The van der Waals surface area contributed by atoms with Crippen molar-refractivity contribution in [3.63, 3.8) is 0 Å². The predicted molar refractivity (Wildman–Crippen MR) is 62.2 cm³/mol. The molecule has 0 unspecified atom stereocenters. The summed E-state index contributed by atoms with van der Waals surface area (Å²) in [5, 5.41) is 8.77. The summed E-state index contributed by atoms with van der Waals surface area (Å²) in [4.78, 5) is 0. The molecule has 1 aromatic carbocycles. The highest BCUT2D eigenvalue weighted by Crippen LogP contribution is 2.08. The van der Waals surface area contributed by atoms with Crippen molar-refractivity contribution >= 4 is 16.2 Å². The molecule has 0 aromatic heterocycles. The summed E-state index contributed by atoms with van der Waals surface area (Å²) >= 11 is 0. The second-order valence-corrected chi connectivity index (χ2v) is 4.92. The van der Waals surface area contributed by atoms with Gasteiger partial charge in [-0.2, -0.15) is 8.42 Å². The minimum atomic E-state index is -3.44. The minimum absolute atomic E-state index is 0.0903. The van der Waals surface area contributed by atoms with Gasteiger partial charge in [0.05, 0.1) is 6.26 Å². The third-order valence-corrected chi connectivity index (χ3v) is 2.30. The van der Waals surface area contributed by atoms with Crippen molar-refractivity contribution < 1.29 is 17.7 Å². The fourth-order valence-corrected chi connectivity index (χ4v) is 1.45. The van der Waals surface area contributed by atoms with E-state index in [2.05, 4.69) is 4.18 Å². The van der Waals surface area contributed by atoms with Crippen LogP contribution in [0.15, 0.2) is 30.5 Å². The van der Waals surface area contributed by atoms with Gasteiger partial charge < -0.3 is 9.29 Å². The van der Waals surface area contributed by atoms with Crippen molar-refractivity contribution in [3.8, 4) is 0 Å². The molecule has 0 bridgehead atoms. The Morgan fingerprint density at radius 3 is 2.81 bits per heavy atom. The third kappa shape index (κ3) is 4.95. The Labute approximate surface area is 95.3 Å². The molecule has 16 heavy (non-hydrogen) atoms. The molecule has 88 valence electrons. The highest BCUT2D eigenvalue weighted by molar-refractivity contribution is 7.86. The van der Waals surface area contributed by atoms with Crippen LogP contribution >= 0.6 is 0 Å². The van der Waals surface area contributed by atoms with E-state index in [4.69, 9.17) is 5.11 Å². The maximum absolute atomic E-state index is 10.7. The average Bonchev–Trinajstić information content (AvgIpc) is 2.17. The summed E-state index contributed by atoms with van der Waals surface area (Å²) in [6, 6.07) is 7.41. The van der Waals surface area contributed by atoms with Crippen LogP contribution in [0, 0.1) is 0 Å². The number of rotatable bonds is 5. The van der Waals surface area contributed by atoms with E-state index in [9.17, 15) is 8.42 Å². The molecular weight excluding hydrogens is 228 g/mol. The van der Waals surface area contributed by atoms with Crippen molar-refractivity contribution in [2.45, 2.75) is 6.42 Å². The quantitative estimate of drug-likeness (QED) is 0.622. The molecule has 0 heterocycles. The SMILES string of the molecule is CS(=O)(=O)OC=Cc1cccc(CCO)c1. The van der Waals surface area contributed by atoms with E-state index in [1.165, 1.54) is 0 Å². The Kier molecular flexibility index (Phi) is 4.52. The fourth-order valence-electron chi connectivity index (χ4n) is 1.19. The lowest BCUT2D eigenvalue weighted by molar-refractivity contribution is 0.299. The molecule has 0 radical (unpaired) electrons. The van der Waals surface area contributed by atoms with E-state index in [-0.39, 0.29) is 6.61 Å². The number of hydrogen-bond acceptors (Lipinski definition) is 4. The van der Waals surface area contributed by atoms with Gasteiger partial charge in [0.25, 0.3) is 0 Å². The first-order valence-corrected chi connectivity index (χ1v) is 6.57. The van der Waals surface area contributed by atoms with Crippen molar-refractivity contribution in [2.75, 3.05) is 12.9 Å². The number of aliphatic hydroxyl groups excluding tert-OH is 1. The second kappa shape index (κ2) is 5.67. The van der Waals surface area contributed by atoms with E-state index in [0.29, 0.717) is 6.42 Å². The summed E-state index contributed by atoms with van der Waals surface area (Å²) < 4.78 is 25.8. The van der Waals surface area contributed by atoms with Gasteiger partial charge in [-0.05, 0) is 23.6 Å². The lowest BCUT2D eigenvalue weighted by atomic mass is 10.1. The van der Waals surface area contributed by atoms with Crippen LogP contribution in [0.25, 0.3) is 6.08 Å². The molecule has 0 atom stereocenters. The first-order chi connectivity index (χ1) is 7.51. The largest absolute Gasteiger partial charge is 0.396 e. The van der Waals surface area contributed by atoms with Gasteiger partial charge in [-0.1, -0.05) is 24.3 Å². The first kappa shape index (κ1) is 12.7. The minimum Gasteiger partial charge on any atom is -0.396 e. The van der Waals surface area contributed by atoms with Crippen molar-refractivity contribution in [2.24, 2.45) is 0 Å². The molecule has 1 rings (SSSR count). The number of benzene rings is 1. The van der Waals surface area contributed by atoms with Crippen LogP contribution in [0.3, 0.4) is 0 Å². The van der Waals surface area contributed by atoms with Crippen molar-refractivity contribution in [1.29, 1.82) is 0 Å². The molecule has 0 spiro atoms. The van der Waals surface area contributed by atoms with E-state index < -0.39 is 10.1 Å². The van der Waals surface area contributed by atoms with Crippen LogP contribution in [0.2, 0.25) is 0 Å². The van der Waals surface area contributed by atoms with E-state index >= 15 is 0 Å². The molecule has 0 saturated carbocycles. The molecule has 4 nitrogen and oxygen atoms in total. The molecule has 1 aromatic rings. The molecule has 0 fully saturated rings. The van der Waals surface area contributed by atoms with Gasteiger partial charge >= 0.3 is 10.1 Å². The summed E-state index contributed by atoms with van der Waals surface area (Å²) in [5.41, 5.74) is 1.82. The Hall–Kier alpha value is -1.33. The average molecular weight is 242 g/mol. The second-order valence-electron chi connectivity index (χ2n) is 3.32. The molecule has 0 saturated heterocycles. The van der Waals surface area contributed by atoms with Gasteiger partial charge in [0, 0.05) is 6.61 Å². The van der Waals surface area contributed by atoms with Crippen LogP contribution in [-0.4, -0.2) is 26.4 Å². The summed E-state index contributed by atoms with van der Waals surface area (Å²) in [6.07, 6.45) is 4.25. The van der Waals surface area contributed by atoms with E-state index in [0.717, 1.165) is 23.6 Å². The fraction of sp³-hybridized carbons (Fsp3) is 0.273. The molecule has 5 heteroatoms. The molecule has 0 aliphatic heterocycles. The van der Waals surface area contributed by atoms with Gasteiger partial charge in [-0.3, -0.25) is 0 Å². The van der Waals surface area contributed by atoms with Crippen molar-refractivity contribution in [1.82, 2.24) is 0 Å². The Morgan fingerprint density at radius 2 is 2.19 bits per heavy atom. The first-order valence-electron chi connectivity index (χ1n) is 4.76. The van der Waals surface area contributed by atoms with E-state index in [1.807, 2.05) is 24.3 Å². The molecule has 0 aliphatic carbocycles. The Morgan fingerprint density at radius 1 is 1.44 bits per heavy atom. The monoisotopic (exact) mass is 242 g/mol. The summed E-state index contributed by atoms with van der Waals surface area (Å²) in [5.74, 6) is 0. The zero-order chi connectivity index (χ0) is 12.0. The number of aliphatic hydroxyl groups is 1. The Bertz CT molecular complexity index is 463. The lowest BCUT2D eigenvalue weighted by Crippen LogP contribution is -1.95.